The summed E-state index contributed by atoms with van der Waals surface area (Å²) in [4.78, 5) is 22.2. The maximum atomic E-state index is 11.2. The minimum absolute atomic E-state index is 0.496. The topological polar surface area (TPSA) is 65.7 Å². The molecule has 0 aliphatic heterocycles. The van der Waals surface area contributed by atoms with E-state index in [-0.39, 0.29) is 0 Å². The van der Waals surface area contributed by atoms with Crippen LogP contribution in [0.25, 0.3) is 0 Å². The van der Waals surface area contributed by atoms with Crippen LogP contribution in [0.1, 0.15) is 22.4 Å². The zero-order valence-electron chi connectivity index (χ0n) is 10.5. The predicted molar refractivity (Wildman–Crippen MR) is 71.0 cm³/mol. The number of H-pyrrole nitrogens is 2. The molecular formula is C14H16N2O2. The minimum Gasteiger partial charge on any atom is -0.302 e. The van der Waals surface area contributed by atoms with E-state index in [0.717, 1.165) is 12.1 Å². The van der Waals surface area contributed by atoms with Crippen LogP contribution in [0.5, 0.6) is 0 Å². The molecule has 0 radical (unpaired) electrons. The highest BCUT2D eigenvalue weighted by atomic mass is 16.2. The molecule has 0 aliphatic carbocycles. The van der Waals surface area contributed by atoms with Gasteiger partial charge in [-0.25, -0.2) is 0 Å². The summed E-state index contributed by atoms with van der Waals surface area (Å²) in [6.45, 7) is 4.18. The first-order valence-electron chi connectivity index (χ1n) is 5.94. The Morgan fingerprint density at radius 1 is 1.06 bits per heavy atom. The predicted octanol–water partition coefficient (Wildman–Crippen LogP) is 1.47. The van der Waals surface area contributed by atoms with Gasteiger partial charge in [0.1, 0.15) is 0 Å². The number of aryl methyl sites for hydroxylation is 3. The van der Waals surface area contributed by atoms with Gasteiger partial charge in [-0.3, -0.25) is 14.7 Å². The van der Waals surface area contributed by atoms with Gasteiger partial charge in [-0.05, 0) is 43.4 Å². The molecule has 1 aromatic heterocycles. The molecule has 0 atom stereocenters. The molecule has 2 rings (SSSR count). The zero-order chi connectivity index (χ0) is 13.1. The van der Waals surface area contributed by atoms with Crippen LogP contribution >= 0.6 is 0 Å². The number of nitrogens with one attached hydrogen (secondary N) is 2. The van der Waals surface area contributed by atoms with Gasteiger partial charge < -0.3 is 5.10 Å². The maximum Gasteiger partial charge on any atom is 0.310 e. The summed E-state index contributed by atoms with van der Waals surface area (Å²) in [6.07, 6.45) is 1.55. The lowest BCUT2D eigenvalue weighted by atomic mass is 9.99. The Kier molecular flexibility index (Phi) is 3.46. The van der Waals surface area contributed by atoms with E-state index >= 15 is 0 Å². The molecule has 0 saturated heterocycles. The zero-order valence-corrected chi connectivity index (χ0v) is 10.5. The fraction of sp³-hybridized carbons (Fsp3) is 0.286. The van der Waals surface area contributed by atoms with Crippen molar-refractivity contribution in [2.75, 3.05) is 0 Å². The van der Waals surface area contributed by atoms with Crippen molar-refractivity contribution in [1.29, 1.82) is 0 Å². The average Bonchev–Trinajstić information content (AvgIpc) is 2.35. The smallest absolute Gasteiger partial charge is 0.302 e. The first-order chi connectivity index (χ1) is 8.58. The molecule has 0 amide bonds. The van der Waals surface area contributed by atoms with Gasteiger partial charge in [0.25, 0.3) is 0 Å². The molecule has 0 saturated carbocycles. The highest BCUT2D eigenvalue weighted by Crippen LogP contribution is 2.14. The van der Waals surface area contributed by atoms with Gasteiger partial charge in [0.15, 0.2) is 0 Å². The highest BCUT2D eigenvalue weighted by Gasteiger charge is 2.03. The number of aromatic amines is 2. The molecule has 2 N–H and O–H groups in total. The summed E-state index contributed by atoms with van der Waals surface area (Å²) >= 11 is 0. The number of hydrogen-bond donors (Lipinski definition) is 2. The normalized spacial score (nSPS) is 10.6. The molecule has 18 heavy (non-hydrogen) atoms. The average molecular weight is 244 g/mol. The summed E-state index contributed by atoms with van der Waals surface area (Å²) < 4.78 is 0. The molecule has 4 nitrogen and oxygen atoms in total. The quantitative estimate of drug-likeness (QED) is 0.803. The van der Waals surface area contributed by atoms with Crippen LogP contribution in [0.2, 0.25) is 0 Å². The third kappa shape index (κ3) is 2.59. The monoisotopic (exact) mass is 244 g/mol. The fourth-order valence-electron chi connectivity index (χ4n) is 1.95. The Morgan fingerprint density at radius 3 is 2.56 bits per heavy atom. The molecule has 0 bridgehead atoms. The van der Waals surface area contributed by atoms with E-state index in [1.54, 1.807) is 0 Å². The van der Waals surface area contributed by atoms with Crippen molar-refractivity contribution in [2.45, 2.75) is 26.7 Å². The van der Waals surface area contributed by atoms with Gasteiger partial charge in [0.05, 0.1) is 0 Å². The molecule has 0 unspecified atom stereocenters. The van der Waals surface area contributed by atoms with Crippen LogP contribution in [-0.2, 0) is 12.8 Å². The number of rotatable bonds is 3. The van der Waals surface area contributed by atoms with E-state index in [1.807, 2.05) is 6.07 Å². The van der Waals surface area contributed by atoms with Crippen LogP contribution in [0.15, 0.2) is 33.9 Å². The summed E-state index contributed by atoms with van der Waals surface area (Å²) in [7, 11) is 0. The lowest BCUT2D eigenvalue weighted by Gasteiger charge is -2.08. The van der Waals surface area contributed by atoms with Crippen LogP contribution in [0, 0.1) is 13.8 Å². The second kappa shape index (κ2) is 5.04. The molecule has 1 aromatic carbocycles. The fourth-order valence-corrected chi connectivity index (χ4v) is 1.95. The Labute approximate surface area is 105 Å². The maximum absolute atomic E-state index is 11.2. The first kappa shape index (κ1) is 12.4. The first-order valence-corrected chi connectivity index (χ1v) is 5.94. The summed E-state index contributed by atoms with van der Waals surface area (Å²) in [6, 6.07) is 7.57. The van der Waals surface area contributed by atoms with Crippen molar-refractivity contribution in [3.8, 4) is 0 Å². The van der Waals surface area contributed by atoms with Crippen molar-refractivity contribution in [2.24, 2.45) is 0 Å². The molecule has 4 heteroatoms. The summed E-state index contributed by atoms with van der Waals surface area (Å²) in [5.74, 6) is 0. The molecule has 2 aromatic rings. The van der Waals surface area contributed by atoms with Crippen molar-refractivity contribution in [3.63, 3.8) is 0 Å². The van der Waals surface area contributed by atoms with Crippen molar-refractivity contribution in [1.82, 2.24) is 10.2 Å². The number of benzene rings is 1. The highest BCUT2D eigenvalue weighted by molar-refractivity contribution is 5.33. The standard InChI is InChI=1S/C14H16N2O2/c1-9-4-3-5-11(10(9)2)6-7-12-8-13(17)14(18)16-15-12/h3-5,8H,6-7H2,1-2H3,(H,15,17)(H,16,18). The van der Waals surface area contributed by atoms with Gasteiger partial charge >= 0.3 is 5.56 Å². The lowest BCUT2D eigenvalue weighted by molar-refractivity contribution is 0.834. The van der Waals surface area contributed by atoms with E-state index < -0.39 is 11.0 Å². The molecule has 0 spiro atoms. The van der Waals surface area contributed by atoms with E-state index in [2.05, 4.69) is 36.2 Å². The Morgan fingerprint density at radius 2 is 1.83 bits per heavy atom. The number of aromatic nitrogens is 2. The second-order valence-electron chi connectivity index (χ2n) is 4.47. The van der Waals surface area contributed by atoms with Gasteiger partial charge in [-0.1, -0.05) is 18.2 Å². The van der Waals surface area contributed by atoms with E-state index in [0.29, 0.717) is 6.42 Å². The van der Waals surface area contributed by atoms with Gasteiger partial charge in [-0.15, -0.1) is 0 Å². The van der Waals surface area contributed by atoms with Crippen LogP contribution < -0.4 is 11.0 Å². The van der Waals surface area contributed by atoms with E-state index in [1.165, 1.54) is 22.8 Å². The van der Waals surface area contributed by atoms with E-state index in [4.69, 9.17) is 0 Å². The minimum atomic E-state index is -0.606. The van der Waals surface area contributed by atoms with Crippen LogP contribution in [-0.4, -0.2) is 10.2 Å². The van der Waals surface area contributed by atoms with Crippen LogP contribution in [0.4, 0.5) is 0 Å². The Bertz CT molecular complexity index is 668. The van der Waals surface area contributed by atoms with Crippen molar-refractivity contribution < 1.29 is 0 Å². The molecule has 0 fully saturated rings. The van der Waals surface area contributed by atoms with Gasteiger partial charge in [0, 0.05) is 11.8 Å². The summed E-state index contributed by atoms with van der Waals surface area (Å²) in [5, 5.41) is 5.08. The van der Waals surface area contributed by atoms with Crippen molar-refractivity contribution >= 4 is 0 Å². The van der Waals surface area contributed by atoms with E-state index in [9.17, 15) is 9.59 Å². The van der Waals surface area contributed by atoms with Gasteiger partial charge in [0.2, 0.25) is 5.43 Å². The molecule has 1 heterocycles. The Hall–Kier alpha value is -2.10. The molecular weight excluding hydrogens is 228 g/mol. The second-order valence-corrected chi connectivity index (χ2v) is 4.47. The summed E-state index contributed by atoms with van der Waals surface area (Å²) in [5.41, 5.74) is 3.46. The van der Waals surface area contributed by atoms with Crippen LogP contribution in [0.3, 0.4) is 0 Å². The van der Waals surface area contributed by atoms with Crippen molar-refractivity contribution in [3.05, 3.63) is 67.2 Å². The Balaban J connectivity index is 2.16. The molecule has 0 aliphatic rings. The molecule has 94 valence electrons. The SMILES string of the molecule is Cc1cccc(CCc2cc(=O)c(=O)[nH][nH]2)c1C. The van der Waals surface area contributed by atoms with Gasteiger partial charge in [-0.2, -0.15) is 0 Å². The third-order valence-corrected chi connectivity index (χ3v) is 3.25. The number of hydrogen-bond acceptors (Lipinski definition) is 2. The lowest BCUT2D eigenvalue weighted by Crippen LogP contribution is -2.27. The third-order valence-electron chi connectivity index (χ3n) is 3.25. The largest absolute Gasteiger partial charge is 0.310 e.